The van der Waals surface area contributed by atoms with Crippen molar-refractivity contribution in [2.75, 3.05) is 6.61 Å². The third-order valence-corrected chi connectivity index (χ3v) is 4.76. The summed E-state index contributed by atoms with van der Waals surface area (Å²) in [4.78, 5) is 14.9. The first-order chi connectivity index (χ1) is 12.8. The normalized spacial score (nSPS) is 11.2. The molecule has 0 radical (unpaired) electrons. The number of hydrogen-bond donors (Lipinski definition) is 2. The fraction of sp³-hybridized carbons (Fsp3) is 0.250. The van der Waals surface area contributed by atoms with Crippen LogP contribution in [0.3, 0.4) is 0 Å². The molecule has 1 aromatic heterocycles. The maximum Gasteiger partial charge on any atom is 0.354 e. The summed E-state index contributed by atoms with van der Waals surface area (Å²) in [5.41, 5.74) is 1.65. The quantitative estimate of drug-likeness (QED) is 0.488. The monoisotopic (exact) mass is 407 g/mol. The van der Waals surface area contributed by atoms with E-state index >= 15 is 0 Å². The van der Waals surface area contributed by atoms with Gasteiger partial charge in [-0.15, -0.1) is 0 Å². The Bertz CT molecular complexity index is 1010. The van der Waals surface area contributed by atoms with Crippen LogP contribution in [-0.4, -0.2) is 22.7 Å². The van der Waals surface area contributed by atoms with E-state index in [2.05, 4.69) is 4.98 Å². The summed E-state index contributed by atoms with van der Waals surface area (Å²) in [6.45, 7) is 5.96. The molecular formula is C20H19Cl2NO4. The molecule has 0 saturated carbocycles. The molecule has 1 heterocycles. The molecule has 2 N–H and O–H groups in total. The van der Waals surface area contributed by atoms with Crippen LogP contribution in [0.1, 0.15) is 42.7 Å². The Balaban J connectivity index is 2.02. The summed E-state index contributed by atoms with van der Waals surface area (Å²) >= 11 is 12.8. The second-order valence-corrected chi connectivity index (χ2v) is 7.13. The van der Waals surface area contributed by atoms with E-state index in [1.165, 1.54) is 0 Å². The van der Waals surface area contributed by atoms with Gasteiger partial charge in [-0.1, -0.05) is 37.0 Å². The Morgan fingerprint density at radius 1 is 1.22 bits per heavy atom. The van der Waals surface area contributed by atoms with Gasteiger partial charge in [0.25, 0.3) is 0 Å². The number of phenolic OH excluding ortho intramolecular Hbond substituents is 1. The van der Waals surface area contributed by atoms with Gasteiger partial charge >= 0.3 is 5.97 Å². The second kappa shape index (κ2) is 7.71. The lowest BCUT2D eigenvalue weighted by molar-refractivity contribution is 0.0520. The van der Waals surface area contributed by atoms with Gasteiger partial charge in [0.05, 0.1) is 16.7 Å². The predicted molar refractivity (Wildman–Crippen MR) is 107 cm³/mol. The molecule has 5 nitrogen and oxygen atoms in total. The number of benzene rings is 2. The lowest BCUT2D eigenvalue weighted by atomic mass is 10.0. The molecule has 0 aliphatic rings. The smallest absolute Gasteiger partial charge is 0.354 e. The molecule has 7 heteroatoms. The van der Waals surface area contributed by atoms with E-state index in [4.69, 9.17) is 32.7 Å². The number of aromatic amines is 1. The van der Waals surface area contributed by atoms with Crippen molar-refractivity contribution < 1.29 is 19.4 Å². The van der Waals surface area contributed by atoms with Crippen molar-refractivity contribution in [3.63, 3.8) is 0 Å². The van der Waals surface area contributed by atoms with E-state index in [0.29, 0.717) is 21.7 Å². The third-order valence-electron chi connectivity index (χ3n) is 4.11. The standard InChI is InChI=1S/C20H19Cl2NO4/c1-4-26-20(25)16-8-13-15(23-16)9-14(21)19(18(13)22)27-11-5-6-17(24)12(7-11)10(2)3/h5-10,23-24H,4H2,1-3H3. The number of aromatic nitrogens is 1. The second-order valence-electron chi connectivity index (χ2n) is 6.34. The van der Waals surface area contributed by atoms with Gasteiger partial charge < -0.3 is 19.6 Å². The molecule has 2 aromatic carbocycles. The van der Waals surface area contributed by atoms with E-state index in [0.717, 1.165) is 5.56 Å². The molecule has 3 rings (SSSR count). The van der Waals surface area contributed by atoms with Crippen molar-refractivity contribution in [1.82, 2.24) is 4.98 Å². The van der Waals surface area contributed by atoms with Crippen LogP contribution < -0.4 is 4.74 Å². The van der Waals surface area contributed by atoms with Gasteiger partial charge in [0.15, 0.2) is 5.75 Å². The number of nitrogens with one attached hydrogen (secondary N) is 1. The molecule has 27 heavy (non-hydrogen) atoms. The summed E-state index contributed by atoms with van der Waals surface area (Å²) in [6.07, 6.45) is 0. The lowest BCUT2D eigenvalue weighted by Gasteiger charge is -2.14. The summed E-state index contributed by atoms with van der Waals surface area (Å²) in [7, 11) is 0. The third kappa shape index (κ3) is 3.84. The van der Waals surface area contributed by atoms with Crippen molar-refractivity contribution in [1.29, 1.82) is 0 Å². The van der Waals surface area contributed by atoms with Gasteiger partial charge in [0.2, 0.25) is 0 Å². The number of fused-ring (bicyclic) bond motifs is 1. The zero-order valence-corrected chi connectivity index (χ0v) is 16.6. The molecule has 3 aromatic rings. The molecule has 142 valence electrons. The van der Waals surface area contributed by atoms with Crippen LogP contribution in [-0.2, 0) is 4.74 Å². The molecule has 0 atom stereocenters. The molecule has 0 saturated heterocycles. The van der Waals surface area contributed by atoms with Gasteiger partial charge in [0, 0.05) is 16.5 Å². The van der Waals surface area contributed by atoms with Gasteiger partial charge in [-0.25, -0.2) is 4.79 Å². The van der Waals surface area contributed by atoms with Crippen molar-refractivity contribution in [3.8, 4) is 17.2 Å². The maximum atomic E-state index is 11.9. The van der Waals surface area contributed by atoms with E-state index in [1.807, 2.05) is 13.8 Å². The van der Waals surface area contributed by atoms with Crippen LogP contribution in [0.25, 0.3) is 10.9 Å². The van der Waals surface area contributed by atoms with Gasteiger partial charge in [-0.3, -0.25) is 0 Å². The molecule has 0 unspecified atom stereocenters. The fourth-order valence-electron chi connectivity index (χ4n) is 2.77. The summed E-state index contributed by atoms with van der Waals surface area (Å²) < 4.78 is 10.9. The average molecular weight is 408 g/mol. The first kappa shape index (κ1) is 19.4. The molecule has 0 aliphatic heterocycles. The largest absolute Gasteiger partial charge is 0.508 e. The number of rotatable bonds is 5. The summed E-state index contributed by atoms with van der Waals surface area (Å²) in [6, 6.07) is 8.21. The Hall–Kier alpha value is -2.37. The van der Waals surface area contributed by atoms with Gasteiger partial charge in [-0.2, -0.15) is 0 Å². The topological polar surface area (TPSA) is 71.6 Å². The first-order valence-corrected chi connectivity index (χ1v) is 9.26. The van der Waals surface area contributed by atoms with Gasteiger partial charge in [0.1, 0.15) is 17.2 Å². The SMILES string of the molecule is CCOC(=O)c1cc2c(Cl)c(Oc3ccc(O)c(C(C)C)c3)c(Cl)cc2[nH]1. The van der Waals surface area contributed by atoms with Crippen molar-refractivity contribution in [2.24, 2.45) is 0 Å². The molecule has 0 bridgehead atoms. The highest BCUT2D eigenvalue weighted by Gasteiger charge is 2.19. The van der Waals surface area contributed by atoms with Crippen LogP contribution in [0.15, 0.2) is 30.3 Å². The Morgan fingerprint density at radius 2 is 1.96 bits per heavy atom. The summed E-state index contributed by atoms with van der Waals surface area (Å²) in [5, 5.41) is 11.1. The Labute approximate surface area is 166 Å². The van der Waals surface area contributed by atoms with E-state index in [9.17, 15) is 9.90 Å². The van der Waals surface area contributed by atoms with E-state index in [-0.39, 0.29) is 34.7 Å². The Kier molecular flexibility index (Phi) is 5.53. The minimum absolute atomic E-state index is 0.124. The zero-order valence-electron chi connectivity index (χ0n) is 15.1. The zero-order chi connectivity index (χ0) is 19.7. The maximum absolute atomic E-state index is 11.9. The number of ether oxygens (including phenoxy) is 2. The van der Waals surface area contributed by atoms with Crippen LogP contribution >= 0.6 is 23.2 Å². The Morgan fingerprint density at radius 3 is 2.63 bits per heavy atom. The number of halogens is 2. The highest BCUT2D eigenvalue weighted by molar-refractivity contribution is 6.41. The molecular weight excluding hydrogens is 389 g/mol. The average Bonchev–Trinajstić information content (AvgIpc) is 3.04. The molecule has 0 spiro atoms. The highest BCUT2D eigenvalue weighted by Crippen LogP contribution is 2.42. The van der Waals surface area contributed by atoms with E-state index < -0.39 is 5.97 Å². The number of aromatic hydroxyl groups is 1. The fourth-order valence-corrected chi connectivity index (χ4v) is 3.36. The number of carbonyl (C=O) groups excluding carboxylic acids is 1. The summed E-state index contributed by atoms with van der Waals surface area (Å²) in [5.74, 6) is 0.637. The number of hydrogen-bond acceptors (Lipinski definition) is 4. The van der Waals surface area contributed by atoms with Crippen LogP contribution in [0.2, 0.25) is 10.0 Å². The highest BCUT2D eigenvalue weighted by atomic mass is 35.5. The molecule has 0 fully saturated rings. The number of phenols is 1. The lowest BCUT2D eigenvalue weighted by Crippen LogP contribution is -2.04. The van der Waals surface area contributed by atoms with Crippen LogP contribution in [0.5, 0.6) is 17.2 Å². The molecule has 0 amide bonds. The van der Waals surface area contributed by atoms with Gasteiger partial charge in [-0.05, 0) is 43.2 Å². The predicted octanol–water partition coefficient (Wildman–Crippen LogP) is 6.27. The number of carbonyl (C=O) groups is 1. The number of esters is 1. The van der Waals surface area contributed by atoms with Crippen LogP contribution in [0.4, 0.5) is 0 Å². The van der Waals surface area contributed by atoms with Crippen molar-refractivity contribution in [2.45, 2.75) is 26.7 Å². The van der Waals surface area contributed by atoms with Crippen molar-refractivity contribution >= 4 is 40.1 Å². The minimum atomic E-state index is -0.469. The molecule has 0 aliphatic carbocycles. The van der Waals surface area contributed by atoms with Crippen molar-refractivity contribution in [3.05, 3.63) is 51.6 Å². The number of H-pyrrole nitrogens is 1. The van der Waals surface area contributed by atoms with Crippen LogP contribution in [0, 0.1) is 0 Å². The minimum Gasteiger partial charge on any atom is -0.508 e. The van der Waals surface area contributed by atoms with E-state index in [1.54, 1.807) is 37.3 Å². The first-order valence-electron chi connectivity index (χ1n) is 8.50.